The molecule has 5 heteroatoms. The van der Waals surface area contributed by atoms with Crippen LogP contribution in [0.15, 0.2) is 4.52 Å². The van der Waals surface area contributed by atoms with Gasteiger partial charge in [0.15, 0.2) is 5.82 Å². The standard InChI is InChI=1S/C11H19N3O2/c1-8(7-12)11-13-10(14-16-11)6-9-4-2-3-5-15-9/h8-9H,2-7,12H2,1H3. The molecule has 1 aliphatic rings. The maximum absolute atomic E-state index is 5.63. The minimum atomic E-state index is 0.133. The highest BCUT2D eigenvalue weighted by Gasteiger charge is 2.19. The third kappa shape index (κ3) is 2.80. The molecule has 5 nitrogen and oxygen atoms in total. The van der Waals surface area contributed by atoms with Gasteiger partial charge in [-0.25, -0.2) is 0 Å². The lowest BCUT2D eigenvalue weighted by molar-refractivity contribution is 0.0153. The van der Waals surface area contributed by atoms with E-state index in [-0.39, 0.29) is 12.0 Å². The van der Waals surface area contributed by atoms with Crippen molar-refractivity contribution in [2.75, 3.05) is 13.2 Å². The van der Waals surface area contributed by atoms with E-state index >= 15 is 0 Å². The highest BCUT2D eigenvalue weighted by molar-refractivity contribution is 4.94. The van der Waals surface area contributed by atoms with Gasteiger partial charge in [-0.2, -0.15) is 4.98 Å². The maximum Gasteiger partial charge on any atom is 0.230 e. The first kappa shape index (κ1) is 11.5. The molecule has 1 aromatic rings. The molecule has 0 aromatic carbocycles. The normalized spacial score (nSPS) is 23.2. The quantitative estimate of drug-likeness (QED) is 0.834. The van der Waals surface area contributed by atoms with Gasteiger partial charge in [-0.1, -0.05) is 12.1 Å². The monoisotopic (exact) mass is 225 g/mol. The summed E-state index contributed by atoms with van der Waals surface area (Å²) in [4.78, 5) is 4.34. The van der Waals surface area contributed by atoms with Crippen molar-refractivity contribution < 1.29 is 9.26 Å². The molecule has 0 radical (unpaired) electrons. The van der Waals surface area contributed by atoms with Gasteiger partial charge in [-0.05, 0) is 19.3 Å². The van der Waals surface area contributed by atoms with Crippen LogP contribution in [0, 0.1) is 0 Å². The number of aromatic nitrogens is 2. The van der Waals surface area contributed by atoms with Crippen molar-refractivity contribution in [3.63, 3.8) is 0 Å². The second-order valence-corrected chi connectivity index (χ2v) is 4.38. The summed E-state index contributed by atoms with van der Waals surface area (Å²) in [5.74, 6) is 1.50. The van der Waals surface area contributed by atoms with Crippen LogP contribution in [0.4, 0.5) is 0 Å². The molecule has 0 saturated carbocycles. The van der Waals surface area contributed by atoms with Gasteiger partial charge in [-0.15, -0.1) is 0 Å². The number of rotatable bonds is 4. The topological polar surface area (TPSA) is 74.2 Å². The Morgan fingerprint density at radius 3 is 3.06 bits per heavy atom. The molecule has 0 bridgehead atoms. The molecule has 16 heavy (non-hydrogen) atoms. The summed E-state index contributed by atoms with van der Waals surface area (Å²) in [7, 11) is 0. The van der Waals surface area contributed by atoms with Gasteiger partial charge in [0.2, 0.25) is 5.89 Å². The highest BCUT2D eigenvalue weighted by Crippen LogP contribution is 2.17. The minimum absolute atomic E-state index is 0.133. The molecule has 0 aliphatic carbocycles. The van der Waals surface area contributed by atoms with E-state index in [2.05, 4.69) is 10.1 Å². The van der Waals surface area contributed by atoms with Gasteiger partial charge in [0.25, 0.3) is 0 Å². The molecule has 1 aliphatic heterocycles. The van der Waals surface area contributed by atoms with Crippen molar-refractivity contribution in [1.29, 1.82) is 0 Å². The SMILES string of the molecule is CC(CN)c1nc(CC2CCCCO2)no1. The molecular weight excluding hydrogens is 206 g/mol. The Bertz CT molecular complexity index is 321. The Hall–Kier alpha value is -0.940. The van der Waals surface area contributed by atoms with Gasteiger partial charge in [-0.3, -0.25) is 0 Å². The average Bonchev–Trinajstić information content (AvgIpc) is 2.78. The van der Waals surface area contributed by atoms with Gasteiger partial charge in [0.05, 0.1) is 6.10 Å². The minimum Gasteiger partial charge on any atom is -0.378 e. The maximum atomic E-state index is 5.63. The lowest BCUT2D eigenvalue weighted by atomic mass is 10.1. The summed E-state index contributed by atoms with van der Waals surface area (Å²) in [5.41, 5.74) is 5.55. The van der Waals surface area contributed by atoms with E-state index in [1.54, 1.807) is 0 Å². The summed E-state index contributed by atoms with van der Waals surface area (Å²) in [5, 5.41) is 3.96. The fourth-order valence-corrected chi connectivity index (χ4v) is 1.82. The molecule has 2 rings (SSSR count). The zero-order valence-corrected chi connectivity index (χ0v) is 9.69. The van der Waals surface area contributed by atoms with Crippen LogP contribution in [0.2, 0.25) is 0 Å². The van der Waals surface area contributed by atoms with Crippen LogP contribution >= 0.6 is 0 Å². The predicted octanol–water partition coefficient (Wildman–Crippen LogP) is 1.24. The Kier molecular flexibility index (Phi) is 3.90. The number of nitrogens with zero attached hydrogens (tertiary/aromatic N) is 2. The van der Waals surface area contributed by atoms with Gasteiger partial charge < -0.3 is 15.0 Å². The second-order valence-electron chi connectivity index (χ2n) is 4.38. The smallest absolute Gasteiger partial charge is 0.230 e. The van der Waals surface area contributed by atoms with Crippen molar-refractivity contribution in [2.45, 2.75) is 44.6 Å². The Morgan fingerprint density at radius 1 is 1.50 bits per heavy atom. The molecule has 2 N–H and O–H groups in total. The molecule has 0 amide bonds. The van der Waals surface area contributed by atoms with E-state index in [4.69, 9.17) is 15.0 Å². The van der Waals surface area contributed by atoms with Gasteiger partial charge in [0, 0.05) is 25.5 Å². The molecular formula is C11H19N3O2. The lowest BCUT2D eigenvalue weighted by Crippen LogP contribution is -2.21. The summed E-state index contributed by atoms with van der Waals surface area (Å²) in [6.45, 7) is 3.37. The predicted molar refractivity (Wildman–Crippen MR) is 59.1 cm³/mol. The van der Waals surface area contributed by atoms with Crippen molar-refractivity contribution in [3.05, 3.63) is 11.7 Å². The zero-order valence-electron chi connectivity index (χ0n) is 9.69. The first-order valence-corrected chi connectivity index (χ1v) is 5.93. The second kappa shape index (κ2) is 5.41. The number of hydrogen-bond donors (Lipinski definition) is 1. The third-order valence-corrected chi connectivity index (χ3v) is 2.94. The summed E-state index contributed by atoms with van der Waals surface area (Å²) in [6, 6.07) is 0. The fourth-order valence-electron chi connectivity index (χ4n) is 1.82. The van der Waals surface area contributed by atoms with Crippen LogP contribution < -0.4 is 5.73 Å². The van der Waals surface area contributed by atoms with Crippen LogP contribution in [-0.2, 0) is 11.2 Å². The largest absolute Gasteiger partial charge is 0.378 e. The molecule has 1 fully saturated rings. The van der Waals surface area contributed by atoms with E-state index in [1.807, 2.05) is 6.92 Å². The van der Waals surface area contributed by atoms with Crippen LogP contribution in [-0.4, -0.2) is 29.4 Å². The highest BCUT2D eigenvalue weighted by atomic mass is 16.5. The molecule has 0 spiro atoms. The van der Waals surface area contributed by atoms with Crippen LogP contribution in [0.25, 0.3) is 0 Å². The summed E-state index contributed by atoms with van der Waals surface area (Å²) < 4.78 is 10.8. The Labute approximate surface area is 95.3 Å². The van der Waals surface area contributed by atoms with E-state index in [0.29, 0.717) is 12.4 Å². The van der Waals surface area contributed by atoms with E-state index in [1.165, 1.54) is 6.42 Å². The van der Waals surface area contributed by atoms with Crippen LogP contribution in [0.5, 0.6) is 0 Å². The van der Waals surface area contributed by atoms with E-state index in [0.717, 1.165) is 31.7 Å². The molecule has 90 valence electrons. The average molecular weight is 225 g/mol. The first-order chi connectivity index (χ1) is 7.79. The lowest BCUT2D eigenvalue weighted by Gasteiger charge is -2.20. The number of nitrogens with two attached hydrogens (primary N) is 1. The van der Waals surface area contributed by atoms with E-state index < -0.39 is 0 Å². The Balaban J connectivity index is 1.91. The van der Waals surface area contributed by atoms with Crippen LogP contribution in [0.1, 0.15) is 43.8 Å². The fraction of sp³-hybridized carbons (Fsp3) is 0.818. The molecule has 1 saturated heterocycles. The summed E-state index contributed by atoms with van der Waals surface area (Å²) >= 11 is 0. The van der Waals surface area contributed by atoms with Crippen molar-refractivity contribution in [3.8, 4) is 0 Å². The number of ether oxygens (including phenoxy) is 1. The van der Waals surface area contributed by atoms with E-state index in [9.17, 15) is 0 Å². The molecule has 2 atom stereocenters. The van der Waals surface area contributed by atoms with Crippen LogP contribution in [0.3, 0.4) is 0 Å². The number of hydrogen-bond acceptors (Lipinski definition) is 5. The molecule has 2 heterocycles. The first-order valence-electron chi connectivity index (χ1n) is 5.93. The van der Waals surface area contributed by atoms with Crippen molar-refractivity contribution in [1.82, 2.24) is 10.1 Å². The molecule has 2 unspecified atom stereocenters. The summed E-state index contributed by atoms with van der Waals surface area (Å²) in [6.07, 6.45) is 4.50. The van der Waals surface area contributed by atoms with Crippen molar-refractivity contribution in [2.24, 2.45) is 5.73 Å². The van der Waals surface area contributed by atoms with Gasteiger partial charge in [0.1, 0.15) is 0 Å². The third-order valence-electron chi connectivity index (χ3n) is 2.94. The zero-order chi connectivity index (χ0) is 11.4. The molecule has 1 aromatic heterocycles. The van der Waals surface area contributed by atoms with Gasteiger partial charge >= 0.3 is 0 Å². The van der Waals surface area contributed by atoms with Crippen molar-refractivity contribution >= 4 is 0 Å². The Morgan fingerprint density at radius 2 is 2.38 bits per heavy atom.